The molecule has 5 heteroatoms. The zero-order valence-corrected chi connectivity index (χ0v) is 19.0. The summed E-state index contributed by atoms with van der Waals surface area (Å²) in [5, 5.41) is 22.0. The van der Waals surface area contributed by atoms with Crippen LogP contribution in [-0.4, -0.2) is 40.8 Å². The highest BCUT2D eigenvalue weighted by Gasteiger charge is 2.54. The number of aliphatic hydroxyl groups excluding tert-OH is 1. The van der Waals surface area contributed by atoms with Gasteiger partial charge in [0, 0.05) is 35.9 Å². The molecule has 33 heavy (non-hydrogen) atoms. The van der Waals surface area contributed by atoms with E-state index < -0.39 is 6.10 Å². The minimum absolute atomic E-state index is 0.0902. The van der Waals surface area contributed by atoms with Crippen molar-refractivity contribution in [3.8, 4) is 11.8 Å². The number of piperidine rings is 3. The molecule has 0 aliphatic carbocycles. The monoisotopic (exact) mass is 440 g/mol. The molecule has 3 fully saturated rings. The molecule has 168 valence electrons. The molecule has 3 aliphatic rings. The van der Waals surface area contributed by atoms with Gasteiger partial charge in [-0.2, -0.15) is 5.26 Å². The molecule has 0 radical (unpaired) electrons. The number of methoxy groups -OCH3 is 1. The third-order valence-electron chi connectivity index (χ3n) is 7.92. The largest absolute Gasteiger partial charge is 0.497 e. The van der Waals surface area contributed by atoms with E-state index in [4.69, 9.17) is 4.74 Å². The maximum absolute atomic E-state index is 11.9. The van der Waals surface area contributed by atoms with Crippen molar-refractivity contribution in [1.29, 1.82) is 5.26 Å². The molecule has 2 bridgehead atoms. The van der Waals surface area contributed by atoms with Gasteiger partial charge in [0.1, 0.15) is 24.4 Å². The lowest BCUT2D eigenvalue weighted by Gasteiger charge is -2.58. The van der Waals surface area contributed by atoms with Gasteiger partial charge in [0.15, 0.2) is 0 Å². The van der Waals surface area contributed by atoms with Crippen molar-refractivity contribution < 1.29 is 14.3 Å². The number of rotatable bonds is 6. The molecule has 3 saturated heterocycles. The first kappa shape index (κ1) is 21.6. The van der Waals surface area contributed by atoms with E-state index in [1.54, 1.807) is 13.3 Å². The molecule has 0 amide bonds. The van der Waals surface area contributed by atoms with E-state index in [-0.39, 0.29) is 6.04 Å². The first-order valence-electron chi connectivity index (χ1n) is 11.6. The molecule has 6 rings (SSSR count). The number of quaternary nitrogens is 1. The molecule has 4 heterocycles. The van der Waals surface area contributed by atoms with Gasteiger partial charge in [-0.05, 0) is 47.9 Å². The van der Waals surface area contributed by atoms with Crippen LogP contribution >= 0.6 is 0 Å². The highest BCUT2D eigenvalue weighted by Crippen LogP contribution is 2.48. The molecular formula is C28H30N3O2+. The van der Waals surface area contributed by atoms with E-state index in [9.17, 15) is 10.4 Å². The minimum Gasteiger partial charge on any atom is -0.497 e. The van der Waals surface area contributed by atoms with Gasteiger partial charge in [0.25, 0.3) is 0 Å². The van der Waals surface area contributed by atoms with Crippen molar-refractivity contribution >= 4 is 10.9 Å². The SMILES string of the molecule is C=CC1C[N+]2(Cc3ccc(C#N)cc3)CCC1CC2C(O)c1ccnc2ccc(OC)cc12. The third kappa shape index (κ3) is 3.80. The second-order valence-corrected chi connectivity index (χ2v) is 9.57. The van der Waals surface area contributed by atoms with Crippen LogP contribution in [0.2, 0.25) is 0 Å². The lowest BCUT2D eigenvalue weighted by molar-refractivity contribution is -0.984. The Labute approximate surface area is 195 Å². The average molecular weight is 441 g/mol. The van der Waals surface area contributed by atoms with Gasteiger partial charge in [0.2, 0.25) is 0 Å². The fourth-order valence-electron chi connectivity index (χ4n) is 6.17. The van der Waals surface area contributed by atoms with Gasteiger partial charge in [-0.25, -0.2) is 0 Å². The van der Waals surface area contributed by atoms with Gasteiger partial charge < -0.3 is 14.3 Å². The van der Waals surface area contributed by atoms with Gasteiger partial charge in [-0.15, -0.1) is 6.58 Å². The lowest BCUT2D eigenvalue weighted by atomic mass is 9.71. The zero-order chi connectivity index (χ0) is 23.0. The summed E-state index contributed by atoms with van der Waals surface area (Å²) in [4.78, 5) is 4.51. The molecule has 3 aliphatic heterocycles. The number of nitriles is 1. The Morgan fingerprint density at radius 1 is 1.27 bits per heavy atom. The van der Waals surface area contributed by atoms with E-state index in [2.05, 4.69) is 35.8 Å². The van der Waals surface area contributed by atoms with Crippen molar-refractivity contribution in [2.75, 3.05) is 20.2 Å². The Bertz CT molecular complexity index is 1220. The first-order valence-corrected chi connectivity index (χ1v) is 11.6. The number of hydrogen-bond acceptors (Lipinski definition) is 4. The van der Waals surface area contributed by atoms with E-state index in [0.29, 0.717) is 17.4 Å². The zero-order valence-electron chi connectivity index (χ0n) is 19.0. The Balaban J connectivity index is 1.55. The summed E-state index contributed by atoms with van der Waals surface area (Å²) in [6.45, 7) is 7.00. The summed E-state index contributed by atoms with van der Waals surface area (Å²) in [6, 6.07) is 18.0. The van der Waals surface area contributed by atoms with E-state index in [0.717, 1.165) is 59.2 Å². The number of nitrogens with zero attached hydrogens (tertiary/aromatic N) is 3. The fourth-order valence-corrected chi connectivity index (χ4v) is 6.17. The lowest BCUT2D eigenvalue weighted by Crippen LogP contribution is -2.67. The first-order chi connectivity index (χ1) is 16.1. The predicted octanol–water partition coefficient (Wildman–Crippen LogP) is 4.76. The normalized spacial score (nSPS) is 27.1. The molecule has 0 spiro atoms. The summed E-state index contributed by atoms with van der Waals surface area (Å²) in [5.74, 6) is 1.79. The van der Waals surface area contributed by atoms with Crippen molar-refractivity contribution in [3.05, 3.63) is 84.1 Å². The number of benzene rings is 2. The molecule has 5 atom stereocenters. The summed E-state index contributed by atoms with van der Waals surface area (Å²) >= 11 is 0. The molecule has 3 aromatic rings. The Hall–Kier alpha value is -3.20. The summed E-state index contributed by atoms with van der Waals surface area (Å²) < 4.78 is 6.29. The average Bonchev–Trinajstić information content (AvgIpc) is 2.88. The molecule has 1 N–H and O–H groups in total. The minimum atomic E-state index is -0.602. The van der Waals surface area contributed by atoms with Gasteiger partial charge >= 0.3 is 0 Å². The number of hydrogen-bond donors (Lipinski definition) is 1. The van der Waals surface area contributed by atoms with Crippen LogP contribution in [-0.2, 0) is 6.54 Å². The van der Waals surface area contributed by atoms with Crippen LogP contribution in [0.1, 0.15) is 35.6 Å². The number of fused-ring (bicyclic) bond motifs is 4. The highest BCUT2D eigenvalue weighted by molar-refractivity contribution is 5.83. The van der Waals surface area contributed by atoms with Crippen LogP contribution in [0.4, 0.5) is 0 Å². The standard InChI is InChI=1S/C28H30N3O2/c1-3-21-18-31(17-20-6-4-19(16-29)5-7-20)13-11-22(21)14-27(31)28(32)24-10-12-30-26-9-8-23(33-2)15-25(24)26/h3-10,12,15,21-22,27-28,32H,1,11,13-14,17-18H2,2H3/q+1. The summed E-state index contributed by atoms with van der Waals surface area (Å²) in [7, 11) is 1.66. The molecule has 5 unspecified atom stereocenters. The van der Waals surface area contributed by atoms with Crippen molar-refractivity contribution in [3.63, 3.8) is 0 Å². The van der Waals surface area contributed by atoms with Crippen molar-refractivity contribution in [2.24, 2.45) is 11.8 Å². The molecular weight excluding hydrogens is 410 g/mol. The maximum atomic E-state index is 11.9. The van der Waals surface area contributed by atoms with Crippen LogP contribution in [0.3, 0.4) is 0 Å². The summed E-state index contributed by atoms with van der Waals surface area (Å²) in [5.41, 5.74) is 3.67. The number of pyridine rings is 1. The molecule has 1 aromatic heterocycles. The van der Waals surface area contributed by atoms with E-state index in [1.807, 2.05) is 36.4 Å². The van der Waals surface area contributed by atoms with E-state index in [1.165, 1.54) is 5.56 Å². The topological polar surface area (TPSA) is 66.1 Å². The Morgan fingerprint density at radius 2 is 2.09 bits per heavy atom. The predicted molar refractivity (Wildman–Crippen MR) is 128 cm³/mol. The number of ether oxygens (including phenoxy) is 1. The quantitative estimate of drug-likeness (QED) is 0.443. The second-order valence-electron chi connectivity index (χ2n) is 9.57. The molecule has 0 saturated carbocycles. The molecule has 2 aromatic carbocycles. The fraction of sp³-hybridized carbons (Fsp3) is 0.357. The van der Waals surface area contributed by atoms with Crippen LogP contribution < -0.4 is 4.74 Å². The smallest absolute Gasteiger partial charge is 0.131 e. The summed E-state index contributed by atoms with van der Waals surface area (Å²) in [6.07, 6.45) is 5.43. The molecule has 5 nitrogen and oxygen atoms in total. The van der Waals surface area contributed by atoms with Gasteiger partial charge in [-0.1, -0.05) is 18.2 Å². The van der Waals surface area contributed by atoms with Crippen molar-refractivity contribution in [1.82, 2.24) is 4.98 Å². The van der Waals surface area contributed by atoms with Gasteiger partial charge in [-0.3, -0.25) is 4.98 Å². The number of aliphatic hydroxyl groups is 1. The van der Waals surface area contributed by atoms with E-state index >= 15 is 0 Å². The van der Waals surface area contributed by atoms with Gasteiger partial charge in [0.05, 0.1) is 37.3 Å². The second kappa shape index (κ2) is 8.62. The number of aromatic nitrogens is 1. The highest BCUT2D eigenvalue weighted by atomic mass is 16.5. The Morgan fingerprint density at radius 3 is 2.82 bits per heavy atom. The maximum Gasteiger partial charge on any atom is 0.131 e. The van der Waals surface area contributed by atoms with Crippen LogP contribution in [0.25, 0.3) is 10.9 Å². The van der Waals surface area contributed by atoms with Crippen LogP contribution in [0.15, 0.2) is 67.4 Å². The third-order valence-corrected chi connectivity index (χ3v) is 7.92. The van der Waals surface area contributed by atoms with Crippen LogP contribution in [0, 0.1) is 23.2 Å². The Kier molecular flexibility index (Phi) is 5.65. The van der Waals surface area contributed by atoms with Crippen molar-refractivity contribution in [2.45, 2.75) is 31.5 Å². The van der Waals surface area contributed by atoms with Crippen LogP contribution in [0.5, 0.6) is 5.75 Å².